The van der Waals surface area contributed by atoms with Gasteiger partial charge in [-0.1, -0.05) is 6.92 Å². The van der Waals surface area contributed by atoms with Crippen LogP contribution in [0.3, 0.4) is 0 Å². The lowest BCUT2D eigenvalue weighted by molar-refractivity contribution is -0.155. The Balaban J connectivity index is 3.95. The van der Waals surface area contributed by atoms with E-state index in [1.165, 1.54) is 6.92 Å². The molecule has 3 nitrogen and oxygen atoms in total. The summed E-state index contributed by atoms with van der Waals surface area (Å²) in [6.07, 6.45) is 0.676. The highest BCUT2D eigenvalue weighted by molar-refractivity contribution is 5.97. The van der Waals surface area contributed by atoms with Crippen molar-refractivity contribution in [3.63, 3.8) is 0 Å². The Morgan fingerprint density at radius 3 is 2.17 bits per heavy atom. The van der Waals surface area contributed by atoms with Gasteiger partial charge in [-0.05, 0) is 27.2 Å². The monoisotopic (exact) mass is 172 g/mol. The van der Waals surface area contributed by atoms with Crippen LogP contribution in [0.5, 0.6) is 0 Å². The van der Waals surface area contributed by atoms with Crippen molar-refractivity contribution in [2.24, 2.45) is 5.92 Å². The van der Waals surface area contributed by atoms with Crippen molar-refractivity contribution in [3.05, 3.63) is 0 Å². The fourth-order valence-electron chi connectivity index (χ4n) is 0.550. The first-order chi connectivity index (χ1) is 5.49. The average Bonchev–Trinajstić information content (AvgIpc) is 2.02. The van der Waals surface area contributed by atoms with E-state index >= 15 is 0 Å². The van der Waals surface area contributed by atoms with Gasteiger partial charge in [-0.15, -0.1) is 0 Å². The number of hydrogen-bond donors (Lipinski definition) is 0. The molecule has 0 amide bonds. The van der Waals surface area contributed by atoms with Crippen molar-refractivity contribution in [2.45, 2.75) is 40.2 Å². The smallest absolute Gasteiger partial charge is 0.316 e. The Bertz CT molecular complexity index is 175. The number of Topliss-reactive ketones (excluding diaryl/α,β-unsaturated/α-hetero) is 1. The maximum atomic E-state index is 11.1. The Labute approximate surface area is 73.1 Å². The molecule has 0 aromatic rings. The van der Waals surface area contributed by atoms with Crippen molar-refractivity contribution >= 4 is 11.8 Å². The lowest BCUT2D eigenvalue weighted by Gasteiger charge is -2.13. The predicted octanol–water partition coefficient (Wildman–Crippen LogP) is 1.55. The van der Waals surface area contributed by atoms with E-state index in [0.717, 1.165) is 6.42 Å². The van der Waals surface area contributed by atoms with E-state index in [2.05, 4.69) is 0 Å². The summed E-state index contributed by atoms with van der Waals surface area (Å²) in [6, 6.07) is 0. The van der Waals surface area contributed by atoms with E-state index in [4.69, 9.17) is 4.74 Å². The van der Waals surface area contributed by atoms with Crippen LogP contribution in [0.1, 0.15) is 34.1 Å². The van der Waals surface area contributed by atoms with Crippen molar-refractivity contribution in [2.75, 3.05) is 0 Å². The number of ether oxygens (including phenoxy) is 1. The normalized spacial score (nSPS) is 15.0. The quantitative estimate of drug-likeness (QED) is 0.477. The number of esters is 1. The van der Waals surface area contributed by atoms with E-state index in [1.807, 2.05) is 13.8 Å². The molecule has 0 aliphatic heterocycles. The SMILES string of the molecule is CCC(C)OC(=O)C(C)C(C)=O. The molecule has 0 radical (unpaired) electrons. The standard InChI is InChI=1S/C9H16O3/c1-5-6(2)12-9(11)7(3)8(4)10/h6-7H,5H2,1-4H3. The van der Waals surface area contributed by atoms with E-state index < -0.39 is 11.9 Å². The Morgan fingerprint density at radius 2 is 1.83 bits per heavy atom. The van der Waals surface area contributed by atoms with E-state index in [9.17, 15) is 9.59 Å². The van der Waals surface area contributed by atoms with Gasteiger partial charge in [-0.2, -0.15) is 0 Å². The molecule has 2 atom stereocenters. The van der Waals surface area contributed by atoms with Gasteiger partial charge in [-0.3, -0.25) is 9.59 Å². The second-order valence-corrected chi connectivity index (χ2v) is 2.99. The molecule has 0 aromatic heterocycles. The maximum absolute atomic E-state index is 11.1. The van der Waals surface area contributed by atoms with Gasteiger partial charge in [0.2, 0.25) is 0 Å². The molecule has 3 heteroatoms. The second-order valence-electron chi connectivity index (χ2n) is 2.99. The molecular weight excluding hydrogens is 156 g/mol. The minimum Gasteiger partial charge on any atom is -0.462 e. The highest BCUT2D eigenvalue weighted by Gasteiger charge is 2.20. The minimum absolute atomic E-state index is 0.0979. The molecule has 70 valence electrons. The molecule has 0 fully saturated rings. The van der Waals surface area contributed by atoms with Crippen LogP contribution in [-0.4, -0.2) is 17.9 Å². The third-order valence-electron chi connectivity index (χ3n) is 1.86. The van der Waals surface area contributed by atoms with E-state index in [-0.39, 0.29) is 11.9 Å². The molecule has 0 aliphatic rings. The number of hydrogen-bond acceptors (Lipinski definition) is 3. The van der Waals surface area contributed by atoms with Crippen LogP contribution in [-0.2, 0) is 14.3 Å². The van der Waals surface area contributed by atoms with Gasteiger partial charge in [0.05, 0.1) is 6.10 Å². The van der Waals surface area contributed by atoms with E-state index in [1.54, 1.807) is 6.92 Å². The number of rotatable bonds is 4. The lowest BCUT2D eigenvalue weighted by Crippen LogP contribution is -2.24. The molecule has 0 bridgehead atoms. The maximum Gasteiger partial charge on any atom is 0.316 e. The van der Waals surface area contributed by atoms with Crippen LogP contribution in [0, 0.1) is 5.92 Å². The summed E-state index contributed by atoms with van der Waals surface area (Å²) in [5, 5.41) is 0. The van der Waals surface area contributed by atoms with Gasteiger partial charge in [0.15, 0.2) is 0 Å². The van der Waals surface area contributed by atoms with Crippen molar-refractivity contribution < 1.29 is 14.3 Å². The van der Waals surface area contributed by atoms with Gasteiger partial charge in [0.25, 0.3) is 0 Å². The molecular formula is C9H16O3. The highest BCUT2D eigenvalue weighted by Crippen LogP contribution is 2.04. The fraction of sp³-hybridized carbons (Fsp3) is 0.778. The summed E-state index contributed by atoms with van der Waals surface area (Å²) >= 11 is 0. The van der Waals surface area contributed by atoms with Crippen molar-refractivity contribution in [1.82, 2.24) is 0 Å². The molecule has 2 unspecified atom stereocenters. The van der Waals surface area contributed by atoms with Gasteiger partial charge in [-0.25, -0.2) is 0 Å². The fourth-order valence-corrected chi connectivity index (χ4v) is 0.550. The first kappa shape index (κ1) is 11.1. The molecule has 0 saturated carbocycles. The van der Waals surface area contributed by atoms with Crippen molar-refractivity contribution in [1.29, 1.82) is 0 Å². The summed E-state index contributed by atoms with van der Waals surface area (Å²) in [7, 11) is 0. The third kappa shape index (κ3) is 3.51. The van der Waals surface area contributed by atoms with Gasteiger partial charge < -0.3 is 4.74 Å². The Hall–Kier alpha value is -0.860. The second kappa shape index (κ2) is 4.91. The summed E-state index contributed by atoms with van der Waals surface area (Å²) in [5.74, 6) is -1.20. The summed E-state index contributed by atoms with van der Waals surface area (Å²) in [5.41, 5.74) is 0. The summed E-state index contributed by atoms with van der Waals surface area (Å²) in [6.45, 7) is 6.69. The molecule has 0 heterocycles. The van der Waals surface area contributed by atoms with Crippen molar-refractivity contribution in [3.8, 4) is 0 Å². The number of carbonyl (C=O) groups is 2. The Kier molecular flexibility index (Phi) is 4.55. The topological polar surface area (TPSA) is 43.4 Å². The van der Waals surface area contributed by atoms with Gasteiger partial charge in [0, 0.05) is 0 Å². The van der Waals surface area contributed by atoms with Gasteiger partial charge in [0.1, 0.15) is 11.7 Å². The Morgan fingerprint density at radius 1 is 1.33 bits per heavy atom. The zero-order valence-electron chi connectivity index (χ0n) is 8.09. The van der Waals surface area contributed by atoms with Crippen LogP contribution in [0.15, 0.2) is 0 Å². The van der Waals surface area contributed by atoms with Crippen LogP contribution in [0.2, 0.25) is 0 Å². The zero-order chi connectivity index (χ0) is 9.72. The molecule has 0 spiro atoms. The van der Waals surface area contributed by atoms with Gasteiger partial charge >= 0.3 is 5.97 Å². The largest absolute Gasteiger partial charge is 0.462 e. The number of ketones is 1. The zero-order valence-corrected chi connectivity index (χ0v) is 8.09. The average molecular weight is 172 g/mol. The third-order valence-corrected chi connectivity index (χ3v) is 1.86. The molecule has 0 rings (SSSR count). The van der Waals surface area contributed by atoms with Crippen LogP contribution < -0.4 is 0 Å². The number of carbonyl (C=O) groups excluding carboxylic acids is 2. The first-order valence-corrected chi connectivity index (χ1v) is 4.20. The molecule has 0 N–H and O–H groups in total. The molecule has 0 aliphatic carbocycles. The highest BCUT2D eigenvalue weighted by atomic mass is 16.5. The van der Waals surface area contributed by atoms with Crippen LogP contribution in [0.25, 0.3) is 0 Å². The molecule has 0 aromatic carbocycles. The lowest BCUT2D eigenvalue weighted by atomic mass is 10.1. The van der Waals surface area contributed by atoms with Crippen LogP contribution in [0.4, 0.5) is 0 Å². The van der Waals surface area contributed by atoms with E-state index in [0.29, 0.717) is 0 Å². The predicted molar refractivity (Wildman–Crippen MR) is 45.7 cm³/mol. The van der Waals surface area contributed by atoms with Crippen LogP contribution >= 0.6 is 0 Å². The summed E-state index contributed by atoms with van der Waals surface area (Å²) < 4.78 is 4.96. The summed E-state index contributed by atoms with van der Waals surface area (Å²) in [4.78, 5) is 21.9. The molecule has 0 saturated heterocycles. The minimum atomic E-state index is -0.626. The molecule has 12 heavy (non-hydrogen) atoms. The first-order valence-electron chi connectivity index (χ1n) is 4.20.